The average molecular weight is 636 g/mol. The number of aromatic nitrogens is 1. The van der Waals surface area contributed by atoms with Crippen molar-refractivity contribution in [2.24, 2.45) is 17.4 Å². The van der Waals surface area contributed by atoms with Crippen molar-refractivity contribution in [2.75, 3.05) is 6.54 Å². The molecule has 0 spiro atoms. The Morgan fingerprint density at radius 2 is 1.36 bits per heavy atom. The van der Waals surface area contributed by atoms with Crippen LogP contribution < -0.4 is 32.7 Å². The molecule has 0 unspecified atom stereocenters. The van der Waals surface area contributed by atoms with Crippen LogP contribution in [0.3, 0.4) is 0 Å². The summed E-state index contributed by atoms with van der Waals surface area (Å²) in [6.07, 6.45) is 3.33. The van der Waals surface area contributed by atoms with Crippen LogP contribution in [-0.2, 0) is 38.6 Å². The number of nitrogens with one attached hydrogen (secondary N) is 4. The van der Waals surface area contributed by atoms with Gasteiger partial charge in [-0.25, -0.2) is 4.98 Å². The highest BCUT2D eigenvalue weighted by atomic mass is 32.1. The minimum absolute atomic E-state index is 0.0451. The van der Waals surface area contributed by atoms with Crippen molar-refractivity contribution in [3.8, 4) is 0 Å². The van der Waals surface area contributed by atoms with Crippen LogP contribution in [0, 0.1) is 5.92 Å². The Balaban J connectivity index is 1.73. The molecule has 45 heavy (non-hydrogen) atoms. The molecule has 0 radical (unpaired) electrons. The van der Waals surface area contributed by atoms with E-state index in [1.807, 2.05) is 79.9 Å². The summed E-state index contributed by atoms with van der Waals surface area (Å²) in [6, 6.07) is 15.0. The van der Waals surface area contributed by atoms with E-state index < -0.39 is 41.9 Å². The van der Waals surface area contributed by atoms with Gasteiger partial charge in [0.15, 0.2) is 0 Å². The SMILES string of the molecule is CC(C)C[C@@H](NC(=O)[C@@H](Cc1ccccc1)NC(=O)[C@H](N)Cc1ccccc1)C(=O)N[C@H](CCCN)C(=O)NCc1nccs1. The first-order chi connectivity index (χ1) is 21.7. The first-order valence-electron chi connectivity index (χ1n) is 15.3. The van der Waals surface area contributed by atoms with Gasteiger partial charge < -0.3 is 32.7 Å². The molecule has 0 saturated carbocycles. The molecule has 0 saturated heterocycles. The third-order valence-corrected chi connectivity index (χ3v) is 7.90. The fourth-order valence-electron chi connectivity index (χ4n) is 4.76. The molecule has 4 amide bonds. The monoisotopic (exact) mass is 635 g/mol. The van der Waals surface area contributed by atoms with E-state index >= 15 is 0 Å². The lowest BCUT2D eigenvalue weighted by Gasteiger charge is -2.27. The molecule has 0 aliphatic carbocycles. The zero-order valence-corrected chi connectivity index (χ0v) is 26.7. The summed E-state index contributed by atoms with van der Waals surface area (Å²) in [7, 11) is 0. The fraction of sp³-hybridized carbons (Fsp3) is 0.424. The number of thiazole rings is 1. The molecule has 3 rings (SSSR count). The molecular weight excluding hydrogens is 590 g/mol. The molecule has 242 valence electrons. The van der Waals surface area contributed by atoms with Crippen LogP contribution in [0.4, 0.5) is 0 Å². The molecule has 0 aliphatic rings. The predicted octanol–water partition coefficient (Wildman–Crippen LogP) is 1.81. The van der Waals surface area contributed by atoms with Crippen LogP contribution in [0.15, 0.2) is 72.2 Å². The van der Waals surface area contributed by atoms with E-state index in [9.17, 15) is 19.2 Å². The van der Waals surface area contributed by atoms with Crippen LogP contribution in [-0.4, -0.2) is 59.3 Å². The molecule has 11 nitrogen and oxygen atoms in total. The minimum Gasteiger partial charge on any atom is -0.348 e. The summed E-state index contributed by atoms with van der Waals surface area (Å²) in [5.41, 5.74) is 13.7. The number of hydrogen-bond acceptors (Lipinski definition) is 8. The zero-order chi connectivity index (χ0) is 32.6. The first-order valence-corrected chi connectivity index (χ1v) is 16.1. The summed E-state index contributed by atoms with van der Waals surface area (Å²) in [4.78, 5) is 57.7. The third kappa shape index (κ3) is 12.4. The van der Waals surface area contributed by atoms with Crippen molar-refractivity contribution >= 4 is 35.0 Å². The van der Waals surface area contributed by atoms with Gasteiger partial charge in [-0.2, -0.15) is 0 Å². The molecule has 4 atom stereocenters. The number of hydrogen-bond donors (Lipinski definition) is 6. The molecule has 8 N–H and O–H groups in total. The van der Waals surface area contributed by atoms with Crippen LogP contribution in [0.2, 0.25) is 0 Å². The lowest BCUT2D eigenvalue weighted by Crippen LogP contribution is -2.58. The number of carbonyl (C=O) groups is 4. The Kier molecular flexibility index (Phi) is 14.6. The second-order valence-electron chi connectivity index (χ2n) is 11.4. The van der Waals surface area contributed by atoms with E-state index in [4.69, 9.17) is 11.5 Å². The van der Waals surface area contributed by atoms with Crippen molar-refractivity contribution in [3.63, 3.8) is 0 Å². The van der Waals surface area contributed by atoms with E-state index in [-0.39, 0.29) is 24.8 Å². The van der Waals surface area contributed by atoms with Gasteiger partial charge in [0.25, 0.3) is 0 Å². The van der Waals surface area contributed by atoms with Crippen LogP contribution in [0.5, 0.6) is 0 Å². The number of nitrogens with zero attached hydrogens (tertiary/aromatic N) is 1. The van der Waals surface area contributed by atoms with Crippen molar-refractivity contribution in [1.82, 2.24) is 26.3 Å². The highest BCUT2D eigenvalue weighted by Crippen LogP contribution is 2.11. The van der Waals surface area contributed by atoms with Gasteiger partial charge in [-0.1, -0.05) is 74.5 Å². The molecule has 3 aromatic rings. The minimum atomic E-state index is -0.987. The zero-order valence-electron chi connectivity index (χ0n) is 25.9. The van der Waals surface area contributed by atoms with Gasteiger partial charge in [0.05, 0.1) is 12.6 Å². The molecule has 1 aromatic heterocycles. The van der Waals surface area contributed by atoms with E-state index in [0.29, 0.717) is 32.2 Å². The van der Waals surface area contributed by atoms with Gasteiger partial charge in [0, 0.05) is 18.0 Å². The van der Waals surface area contributed by atoms with Crippen molar-refractivity contribution in [2.45, 2.75) is 76.7 Å². The molecule has 0 bridgehead atoms. The van der Waals surface area contributed by atoms with Gasteiger partial charge in [-0.15, -0.1) is 11.3 Å². The summed E-state index contributed by atoms with van der Waals surface area (Å²) in [5.74, 6) is -1.80. The standard InChI is InChI=1S/C33H45N7O4S/c1-22(2)18-27(32(43)38-26(14-9-15-34)31(42)37-21-29-36-16-17-45-29)40-33(44)28(20-24-12-7-4-8-13-24)39-30(41)25(35)19-23-10-5-3-6-11-23/h3-8,10-13,16-17,22,25-28H,9,14-15,18-21,34-35H2,1-2H3,(H,37,42)(H,38,43)(H,39,41)(H,40,44)/t25-,26-,27-,28-/m1/s1. The van der Waals surface area contributed by atoms with Crippen LogP contribution in [0.25, 0.3) is 0 Å². The van der Waals surface area contributed by atoms with E-state index in [1.165, 1.54) is 11.3 Å². The molecule has 12 heteroatoms. The topological polar surface area (TPSA) is 181 Å². The maximum atomic E-state index is 13.7. The molecule has 2 aromatic carbocycles. The number of rotatable bonds is 18. The number of benzene rings is 2. The number of amides is 4. The van der Waals surface area contributed by atoms with Gasteiger partial charge >= 0.3 is 0 Å². The second kappa shape index (κ2) is 18.6. The second-order valence-corrected chi connectivity index (χ2v) is 12.4. The lowest BCUT2D eigenvalue weighted by atomic mass is 10.00. The first kappa shape index (κ1) is 35.4. The average Bonchev–Trinajstić information content (AvgIpc) is 3.55. The predicted molar refractivity (Wildman–Crippen MR) is 176 cm³/mol. The third-order valence-electron chi connectivity index (χ3n) is 7.12. The molecular formula is C33H45N7O4S. The van der Waals surface area contributed by atoms with Crippen LogP contribution in [0.1, 0.15) is 49.2 Å². The number of carbonyl (C=O) groups excluding carboxylic acids is 4. The van der Waals surface area contributed by atoms with E-state index in [1.54, 1.807) is 6.20 Å². The van der Waals surface area contributed by atoms with Crippen LogP contribution >= 0.6 is 11.3 Å². The smallest absolute Gasteiger partial charge is 0.243 e. The quantitative estimate of drug-likeness (QED) is 0.123. The summed E-state index contributed by atoms with van der Waals surface area (Å²) in [6.45, 7) is 4.46. The van der Waals surface area contributed by atoms with Crippen molar-refractivity contribution in [3.05, 3.63) is 88.4 Å². The maximum Gasteiger partial charge on any atom is 0.243 e. The Bertz CT molecular complexity index is 1340. The van der Waals surface area contributed by atoms with E-state index in [0.717, 1.165) is 16.1 Å². The Hall–Kier alpha value is -4.13. The normalized spacial score (nSPS) is 13.7. The van der Waals surface area contributed by atoms with Gasteiger partial charge in [0.1, 0.15) is 23.1 Å². The number of nitrogens with two attached hydrogens (primary N) is 2. The maximum absolute atomic E-state index is 13.7. The van der Waals surface area contributed by atoms with Crippen molar-refractivity contribution < 1.29 is 19.2 Å². The molecule has 1 heterocycles. The fourth-order valence-corrected chi connectivity index (χ4v) is 5.32. The molecule has 0 aliphatic heterocycles. The van der Waals surface area contributed by atoms with Crippen molar-refractivity contribution in [1.29, 1.82) is 0 Å². The molecule has 0 fully saturated rings. The summed E-state index contributed by atoms with van der Waals surface area (Å²) < 4.78 is 0. The highest BCUT2D eigenvalue weighted by Gasteiger charge is 2.31. The van der Waals surface area contributed by atoms with Gasteiger partial charge in [-0.05, 0) is 49.3 Å². The van der Waals surface area contributed by atoms with Gasteiger partial charge in [-0.3, -0.25) is 19.2 Å². The summed E-state index contributed by atoms with van der Waals surface area (Å²) in [5, 5.41) is 13.9. The largest absolute Gasteiger partial charge is 0.348 e. The highest BCUT2D eigenvalue weighted by molar-refractivity contribution is 7.09. The summed E-state index contributed by atoms with van der Waals surface area (Å²) >= 11 is 1.42. The Morgan fingerprint density at radius 3 is 1.93 bits per heavy atom. The van der Waals surface area contributed by atoms with Gasteiger partial charge in [0.2, 0.25) is 23.6 Å². The lowest BCUT2D eigenvalue weighted by molar-refractivity contribution is -0.134. The Morgan fingerprint density at radius 1 is 0.778 bits per heavy atom. The van der Waals surface area contributed by atoms with E-state index in [2.05, 4.69) is 26.3 Å². The Labute approximate surface area is 268 Å².